The Morgan fingerprint density at radius 2 is 1.74 bits per heavy atom. The zero-order chi connectivity index (χ0) is 16.7. The average Bonchev–Trinajstić information content (AvgIpc) is 2.55. The molecule has 0 aromatic heterocycles. The molecular weight excluding hydrogens is 290 g/mol. The van der Waals surface area contributed by atoms with Crippen LogP contribution in [-0.4, -0.2) is 49.9 Å². The van der Waals surface area contributed by atoms with Gasteiger partial charge in [-0.15, -0.1) is 0 Å². The predicted molar refractivity (Wildman–Crippen MR) is 91.7 cm³/mol. The summed E-state index contributed by atoms with van der Waals surface area (Å²) in [4.78, 5) is 26.5. The second-order valence-corrected chi connectivity index (χ2v) is 6.45. The molecule has 1 aliphatic rings. The van der Waals surface area contributed by atoms with Crippen molar-refractivity contribution in [3.8, 4) is 0 Å². The molecule has 2 N–H and O–H groups in total. The largest absolute Gasteiger partial charge is 0.351 e. The summed E-state index contributed by atoms with van der Waals surface area (Å²) >= 11 is 0. The van der Waals surface area contributed by atoms with E-state index in [0.717, 1.165) is 19.4 Å². The van der Waals surface area contributed by atoms with Crippen molar-refractivity contribution in [2.24, 2.45) is 0 Å². The Morgan fingerprint density at radius 3 is 2.39 bits per heavy atom. The van der Waals surface area contributed by atoms with Crippen LogP contribution in [0.3, 0.4) is 0 Å². The summed E-state index contributed by atoms with van der Waals surface area (Å²) in [6, 6.07) is 7.20. The molecule has 0 saturated heterocycles. The quantitative estimate of drug-likeness (QED) is 0.844. The first kappa shape index (κ1) is 17.5. The van der Waals surface area contributed by atoms with Crippen molar-refractivity contribution in [2.45, 2.75) is 38.1 Å². The molecule has 1 aliphatic carbocycles. The van der Waals surface area contributed by atoms with Crippen molar-refractivity contribution in [3.05, 3.63) is 35.4 Å². The molecule has 0 atom stereocenters. The highest BCUT2D eigenvalue weighted by Gasteiger charge is 2.17. The maximum Gasteiger partial charge on any atom is 0.251 e. The molecule has 2 amide bonds. The number of rotatable bonds is 6. The Morgan fingerprint density at radius 1 is 1.09 bits per heavy atom. The van der Waals surface area contributed by atoms with E-state index in [1.807, 2.05) is 19.0 Å². The monoisotopic (exact) mass is 317 g/mol. The van der Waals surface area contributed by atoms with Gasteiger partial charge in [0.15, 0.2) is 0 Å². The molecule has 2 rings (SSSR count). The van der Waals surface area contributed by atoms with E-state index in [0.29, 0.717) is 17.7 Å². The van der Waals surface area contributed by atoms with Gasteiger partial charge in [-0.3, -0.25) is 9.59 Å². The Balaban J connectivity index is 1.92. The van der Waals surface area contributed by atoms with Crippen molar-refractivity contribution in [1.29, 1.82) is 0 Å². The van der Waals surface area contributed by atoms with Crippen LogP contribution < -0.4 is 10.6 Å². The van der Waals surface area contributed by atoms with Crippen LogP contribution in [0.1, 0.15) is 52.8 Å². The van der Waals surface area contributed by atoms with Gasteiger partial charge >= 0.3 is 0 Å². The summed E-state index contributed by atoms with van der Waals surface area (Å²) in [5.74, 6) is -0.223. The van der Waals surface area contributed by atoms with Crippen LogP contribution in [0.2, 0.25) is 0 Å². The van der Waals surface area contributed by atoms with E-state index in [1.54, 1.807) is 24.3 Å². The van der Waals surface area contributed by atoms with Gasteiger partial charge in [0.25, 0.3) is 11.8 Å². The summed E-state index contributed by atoms with van der Waals surface area (Å²) in [7, 11) is 3.92. The Labute approximate surface area is 138 Å². The van der Waals surface area contributed by atoms with Gasteiger partial charge in [0.1, 0.15) is 0 Å². The third-order valence-corrected chi connectivity index (χ3v) is 4.17. The lowest BCUT2D eigenvalue weighted by Gasteiger charge is -2.22. The van der Waals surface area contributed by atoms with Gasteiger partial charge < -0.3 is 15.5 Å². The van der Waals surface area contributed by atoms with Crippen LogP contribution in [-0.2, 0) is 0 Å². The number of nitrogens with one attached hydrogen (secondary N) is 2. The molecule has 126 valence electrons. The number of benzene rings is 1. The van der Waals surface area contributed by atoms with Crippen molar-refractivity contribution in [2.75, 3.05) is 27.2 Å². The number of nitrogens with zero attached hydrogens (tertiary/aromatic N) is 1. The highest BCUT2D eigenvalue weighted by molar-refractivity contribution is 5.99. The molecule has 0 heterocycles. The zero-order valence-electron chi connectivity index (χ0n) is 14.1. The van der Waals surface area contributed by atoms with Gasteiger partial charge in [-0.1, -0.05) is 25.3 Å². The number of hydrogen-bond acceptors (Lipinski definition) is 3. The lowest BCUT2D eigenvalue weighted by Crippen LogP contribution is -2.36. The fourth-order valence-electron chi connectivity index (χ4n) is 2.81. The molecule has 0 aliphatic heterocycles. The zero-order valence-corrected chi connectivity index (χ0v) is 14.1. The van der Waals surface area contributed by atoms with Crippen LogP contribution in [0.15, 0.2) is 24.3 Å². The lowest BCUT2D eigenvalue weighted by atomic mass is 9.95. The highest BCUT2D eigenvalue weighted by atomic mass is 16.2. The fourth-order valence-corrected chi connectivity index (χ4v) is 2.81. The standard InChI is InChI=1S/C18H27N3O2/c1-21(2)12-11-19-17(22)14-7-6-8-15(13-14)18(23)20-16-9-4-3-5-10-16/h6-8,13,16H,3-5,9-12H2,1-2H3,(H,19,22)(H,20,23). The van der Waals surface area contributed by atoms with Crippen molar-refractivity contribution < 1.29 is 9.59 Å². The van der Waals surface area contributed by atoms with E-state index >= 15 is 0 Å². The summed E-state index contributed by atoms with van der Waals surface area (Å²) in [5, 5.41) is 5.95. The van der Waals surface area contributed by atoms with E-state index in [4.69, 9.17) is 0 Å². The predicted octanol–water partition coefficient (Wildman–Crippen LogP) is 2.04. The average molecular weight is 317 g/mol. The molecule has 5 heteroatoms. The number of hydrogen-bond donors (Lipinski definition) is 2. The Hall–Kier alpha value is -1.88. The van der Waals surface area contributed by atoms with Crippen LogP contribution in [0.5, 0.6) is 0 Å². The van der Waals surface area contributed by atoms with Crippen LogP contribution in [0.25, 0.3) is 0 Å². The van der Waals surface area contributed by atoms with Crippen molar-refractivity contribution >= 4 is 11.8 Å². The molecule has 0 spiro atoms. The number of carbonyl (C=O) groups excluding carboxylic acids is 2. The molecule has 0 bridgehead atoms. The minimum absolute atomic E-state index is 0.0835. The Kier molecular flexibility index (Phi) is 6.59. The van der Waals surface area contributed by atoms with Crippen LogP contribution in [0, 0.1) is 0 Å². The minimum atomic E-state index is -0.140. The fraction of sp³-hybridized carbons (Fsp3) is 0.556. The SMILES string of the molecule is CN(C)CCNC(=O)c1cccc(C(=O)NC2CCCCC2)c1. The Bertz CT molecular complexity index is 537. The first-order chi connectivity index (χ1) is 11.1. The molecule has 1 saturated carbocycles. The molecule has 5 nitrogen and oxygen atoms in total. The number of likely N-dealkylation sites (N-methyl/N-ethyl adjacent to an activating group) is 1. The first-order valence-electron chi connectivity index (χ1n) is 8.40. The van der Waals surface area contributed by atoms with Gasteiger partial charge in [0.2, 0.25) is 0 Å². The minimum Gasteiger partial charge on any atom is -0.351 e. The number of amides is 2. The number of carbonyl (C=O) groups is 2. The highest BCUT2D eigenvalue weighted by Crippen LogP contribution is 2.18. The van der Waals surface area contributed by atoms with E-state index in [2.05, 4.69) is 10.6 Å². The van der Waals surface area contributed by atoms with Crippen LogP contribution >= 0.6 is 0 Å². The summed E-state index contributed by atoms with van der Waals surface area (Å²) in [5.41, 5.74) is 1.08. The second-order valence-electron chi connectivity index (χ2n) is 6.45. The van der Waals surface area contributed by atoms with Gasteiger partial charge in [0.05, 0.1) is 0 Å². The second kappa shape index (κ2) is 8.67. The van der Waals surface area contributed by atoms with Gasteiger partial charge in [-0.05, 0) is 45.1 Å². The normalized spacial score (nSPS) is 15.4. The topological polar surface area (TPSA) is 61.4 Å². The van der Waals surface area contributed by atoms with Gasteiger partial charge in [-0.25, -0.2) is 0 Å². The lowest BCUT2D eigenvalue weighted by molar-refractivity contribution is 0.0927. The van der Waals surface area contributed by atoms with E-state index in [-0.39, 0.29) is 17.9 Å². The van der Waals surface area contributed by atoms with Crippen molar-refractivity contribution in [1.82, 2.24) is 15.5 Å². The smallest absolute Gasteiger partial charge is 0.251 e. The molecule has 1 aromatic carbocycles. The molecule has 1 aromatic rings. The first-order valence-corrected chi connectivity index (χ1v) is 8.40. The summed E-state index contributed by atoms with van der Waals surface area (Å²) in [6.07, 6.45) is 5.72. The maximum absolute atomic E-state index is 12.3. The van der Waals surface area contributed by atoms with Gasteiger partial charge in [0, 0.05) is 30.3 Å². The summed E-state index contributed by atoms with van der Waals surface area (Å²) < 4.78 is 0. The maximum atomic E-state index is 12.3. The van der Waals surface area contributed by atoms with Crippen molar-refractivity contribution in [3.63, 3.8) is 0 Å². The molecular formula is C18H27N3O2. The van der Waals surface area contributed by atoms with E-state index < -0.39 is 0 Å². The molecule has 0 radical (unpaired) electrons. The molecule has 23 heavy (non-hydrogen) atoms. The molecule has 1 fully saturated rings. The van der Waals surface area contributed by atoms with E-state index in [9.17, 15) is 9.59 Å². The van der Waals surface area contributed by atoms with E-state index in [1.165, 1.54) is 19.3 Å². The third-order valence-electron chi connectivity index (χ3n) is 4.17. The summed E-state index contributed by atoms with van der Waals surface area (Å²) in [6.45, 7) is 1.37. The molecule has 0 unspecified atom stereocenters. The van der Waals surface area contributed by atoms with Gasteiger partial charge in [-0.2, -0.15) is 0 Å². The third kappa shape index (κ3) is 5.67. The van der Waals surface area contributed by atoms with Crippen LogP contribution in [0.4, 0.5) is 0 Å².